The molecular weight excluding hydrogens is 488 g/mol. The number of ether oxygens (including phenoxy) is 3. The maximum absolute atomic E-state index is 12.0. The van der Waals surface area contributed by atoms with Gasteiger partial charge < -0.3 is 29.7 Å². The van der Waals surface area contributed by atoms with Crippen LogP contribution in [0, 0.1) is 5.92 Å². The SMILES string of the molecule is COCC1CCCN1CC1OC(c2ccc(NC(=O)CCC(=O)O)cc2)OC(c2ccc(CO)cc2)C1C. The van der Waals surface area contributed by atoms with Crippen molar-refractivity contribution in [3.8, 4) is 0 Å². The van der Waals surface area contributed by atoms with E-state index < -0.39 is 12.3 Å². The number of amides is 1. The monoisotopic (exact) mass is 526 g/mol. The number of nitrogens with zero attached hydrogens (tertiary/aromatic N) is 1. The molecule has 206 valence electrons. The van der Waals surface area contributed by atoms with E-state index in [0.717, 1.165) is 42.6 Å². The van der Waals surface area contributed by atoms with Gasteiger partial charge in [0.15, 0.2) is 6.29 Å². The number of carbonyl (C=O) groups is 2. The second-order valence-electron chi connectivity index (χ2n) is 10.1. The highest BCUT2D eigenvalue weighted by atomic mass is 16.7. The number of nitrogens with one attached hydrogen (secondary N) is 1. The summed E-state index contributed by atoms with van der Waals surface area (Å²) in [5.74, 6) is -1.27. The topological polar surface area (TPSA) is 118 Å². The molecule has 0 aromatic heterocycles. The van der Waals surface area contributed by atoms with Crippen LogP contribution in [0.4, 0.5) is 5.69 Å². The number of anilines is 1. The van der Waals surface area contributed by atoms with Crippen molar-refractivity contribution < 1.29 is 34.0 Å². The van der Waals surface area contributed by atoms with Crippen LogP contribution in [0.1, 0.15) is 61.7 Å². The third kappa shape index (κ3) is 7.18. The first-order chi connectivity index (χ1) is 18.4. The lowest BCUT2D eigenvalue weighted by atomic mass is 9.90. The van der Waals surface area contributed by atoms with E-state index in [-0.39, 0.29) is 43.5 Å². The van der Waals surface area contributed by atoms with E-state index in [1.807, 2.05) is 36.4 Å². The van der Waals surface area contributed by atoms with E-state index in [2.05, 4.69) is 17.1 Å². The summed E-state index contributed by atoms with van der Waals surface area (Å²) in [4.78, 5) is 25.2. The number of carboxylic acids is 1. The van der Waals surface area contributed by atoms with Crippen LogP contribution >= 0.6 is 0 Å². The van der Waals surface area contributed by atoms with Crippen molar-refractivity contribution in [2.24, 2.45) is 5.92 Å². The Bertz CT molecular complexity index is 1060. The number of aliphatic carboxylic acids is 1. The Morgan fingerprint density at radius 2 is 1.76 bits per heavy atom. The van der Waals surface area contributed by atoms with Crippen LogP contribution in [0.5, 0.6) is 0 Å². The zero-order valence-corrected chi connectivity index (χ0v) is 22.0. The van der Waals surface area contributed by atoms with Gasteiger partial charge in [0.1, 0.15) is 0 Å². The maximum atomic E-state index is 12.0. The zero-order chi connectivity index (χ0) is 27.1. The lowest BCUT2D eigenvalue weighted by Gasteiger charge is -2.43. The van der Waals surface area contributed by atoms with Crippen molar-refractivity contribution in [1.29, 1.82) is 0 Å². The predicted molar refractivity (Wildman–Crippen MR) is 141 cm³/mol. The normalized spacial score (nSPS) is 25.8. The summed E-state index contributed by atoms with van der Waals surface area (Å²) in [7, 11) is 1.74. The summed E-state index contributed by atoms with van der Waals surface area (Å²) in [6, 6.07) is 15.5. The molecule has 0 saturated carbocycles. The Hall–Kier alpha value is -2.82. The zero-order valence-electron chi connectivity index (χ0n) is 22.0. The lowest BCUT2D eigenvalue weighted by molar-refractivity contribution is -0.276. The highest BCUT2D eigenvalue weighted by Gasteiger charge is 2.40. The minimum Gasteiger partial charge on any atom is -0.481 e. The minimum absolute atomic E-state index is 0.00917. The molecule has 5 unspecified atom stereocenters. The van der Waals surface area contributed by atoms with Crippen molar-refractivity contribution in [1.82, 2.24) is 4.90 Å². The first-order valence-corrected chi connectivity index (χ1v) is 13.2. The first kappa shape index (κ1) is 28.2. The van der Waals surface area contributed by atoms with E-state index in [0.29, 0.717) is 18.3 Å². The Morgan fingerprint density at radius 1 is 1.05 bits per heavy atom. The maximum Gasteiger partial charge on any atom is 0.303 e. The molecule has 2 aliphatic rings. The number of carbonyl (C=O) groups excluding carboxylic acids is 1. The number of likely N-dealkylation sites (tertiary alicyclic amines) is 1. The smallest absolute Gasteiger partial charge is 0.303 e. The second kappa shape index (κ2) is 13.3. The molecule has 0 spiro atoms. The van der Waals surface area contributed by atoms with Gasteiger partial charge in [-0.15, -0.1) is 0 Å². The number of methoxy groups -OCH3 is 1. The van der Waals surface area contributed by atoms with E-state index >= 15 is 0 Å². The summed E-state index contributed by atoms with van der Waals surface area (Å²) in [5.41, 5.74) is 3.30. The lowest BCUT2D eigenvalue weighted by Crippen LogP contribution is -2.46. The van der Waals surface area contributed by atoms with Crippen LogP contribution < -0.4 is 5.32 Å². The molecule has 2 heterocycles. The molecule has 0 aliphatic carbocycles. The summed E-state index contributed by atoms with van der Waals surface area (Å²) in [5, 5.41) is 21.0. The van der Waals surface area contributed by atoms with Gasteiger partial charge >= 0.3 is 5.97 Å². The van der Waals surface area contributed by atoms with Gasteiger partial charge in [-0.3, -0.25) is 14.5 Å². The van der Waals surface area contributed by atoms with Gasteiger partial charge in [0.05, 0.1) is 31.8 Å². The van der Waals surface area contributed by atoms with Gasteiger partial charge in [0.25, 0.3) is 0 Å². The average Bonchev–Trinajstić information content (AvgIpc) is 3.36. The van der Waals surface area contributed by atoms with Crippen molar-refractivity contribution in [2.45, 2.75) is 63.8 Å². The number of aliphatic hydroxyl groups excluding tert-OH is 1. The van der Waals surface area contributed by atoms with E-state index in [9.17, 15) is 14.7 Å². The third-order valence-corrected chi connectivity index (χ3v) is 7.43. The number of hydrogen-bond acceptors (Lipinski definition) is 7. The summed E-state index contributed by atoms with van der Waals surface area (Å²) >= 11 is 0. The number of aliphatic hydroxyl groups is 1. The van der Waals surface area contributed by atoms with E-state index in [4.69, 9.17) is 19.3 Å². The molecule has 9 nitrogen and oxygen atoms in total. The van der Waals surface area contributed by atoms with E-state index in [1.165, 1.54) is 0 Å². The number of hydrogen-bond donors (Lipinski definition) is 3. The minimum atomic E-state index is -1.01. The molecule has 0 bridgehead atoms. The molecule has 4 rings (SSSR count). The molecular formula is C29H38N2O7. The Labute approximate surface area is 223 Å². The number of carboxylic acid groups (broad SMARTS) is 1. The van der Waals surface area contributed by atoms with Crippen molar-refractivity contribution in [2.75, 3.05) is 32.1 Å². The number of benzene rings is 2. The Morgan fingerprint density at radius 3 is 2.42 bits per heavy atom. The van der Waals surface area contributed by atoms with Crippen molar-refractivity contribution in [3.63, 3.8) is 0 Å². The quantitative estimate of drug-likeness (QED) is 0.404. The number of rotatable bonds is 11. The van der Waals surface area contributed by atoms with Crippen LogP contribution in [0.15, 0.2) is 48.5 Å². The highest BCUT2D eigenvalue weighted by molar-refractivity contribution is 5.92. The average molecular weight is 527 g/mol. The van der Waals surface area contributed by atoms with Crippen LogP contribution in [0.2, 0.25) is 0 Å². The van der Waals surface area contributed by atoms with Crippen LogP contribution in [0.25, 0.3) is 0 Å². The fourth-order valence-corrected chi connectivity index (χ4v) is 5.24. The highest BCUT2D eigenvalue weighted by Crippen LogP contribution is 2.42. The van der Waals surface area contributed by atoms with Crippen LogP contribution in [-0.2, 0) is 30.4 Å². The Balaban J connectivity index is 1.52. The fourth-order valence-electron chi connectivity index (χ4n) is 5.24. The molecule has 2 aromatic carbocycles. The summed E-state index contributed by atoms with van der Waals surface area (Å²) < 4.78 is 18.5. The second-order valence-corrected chi connectivity index (χ2v) is 10.1. The Kier molecular flexibility index (Phi) is 9.87. The molecule has 9 heteroatoms. The molecule has 3 N–H and O–H groups in total. The largest absolute Gasteiger partial charge is 0.481 e. The summed E-state index contributed by atoms with van der Waals surface area (Å²) in [6.45, 7) is 4.64. The first-order valence-electron chi connectivity index (χ1n) is 13.2. The molecule has 5 atom stereocenters. The molecule has 1 amide bonds. The third-order valence-electron chi connectivity index (χ3n) is 7.43. The van der Waals surface area contributed by atoms with Crippen LogP contribution in [-0.4, -0.2) is 65.9 Å². The molecule has 2 aromatic rings. The van der Waals surface area contributed by atoms with Gasteiger partial charge in [0, 0.05) is 43.3 Å². The molecule has 38 heavy (non-hydrogen) atoms. The molecule has 0 radical (unpaired) electrons. The molecule has 2 aliphatic heterocycles. The predicted octanol–water partition coefficient (Wildman–Crippen LogP) is 3.88. The molecule has 2 fully saturated rings. The summed E-state index contributed by atoms with van der Waals surface area (Å²) in [6.07, 6.45) is 1.08. The van der Waals surface area contributed by atoms with Gasteiger partial charge in [-0.2, -0.15) is 0 Å². The van der Waals surface area contributed by atoms with Gasteiger partial charge in [-0.1, -0.05) is 43.3 Å². The van der Waals surface area contributed by atoms with E-state index in [1.54, 1.807) is 19.2 Å². The van der Waals surface area contributed by atoms with Crippen molar-refractivity contribution >= 4 is 17.6 Å². The van der Waals surface area contributed by atoms with Gasteiger partial charge in [-0.05, 0) is 42.6 Å². The van der Waals surface area contributed by atoms with Gasteiger partial charge in [-0.25, -0.2) is 0 Å². The fraction of sp³-hybridized carbons (Fsp3) is 0.517. The van der Waals surface area contributed by atoms with Gasteiger partial charge in [0.2, 0.25) is 5.91 Å². The standard InChI is InChI=1S/C29H38N2O7/c1-19-25(16-31-15-3-4-24(31)18-36-2)37-29(38-28(19)21-7-5-20(17-32)6-8-21)22-9-11-23(12-10-22)30-26(33)13-14-27(34)35/h5-12,19,24-25,28-29,32H,3-4,13-18H2,1-2H3,(H,30,33)(H,34,35). The molecule has 2 saturated heterocycles. The van der Waals surface area contributed by atoms with Crippen LogP contribution in [0.3, 0.4) is 0 Å². The van der Waals surface area contributed by atoms with Crippen molar-refractivity contribution in [3.05, 3.63) is 65.2 Å².